The predicted molar refractivity (Wildman–Crippen MR) is 80.8 cm³/mol. The summed E-state index contributed by atoms with van der Waals surface area (Å²) in [5, 5.41) is 7.42. The number of rotatable bonds is 3. The van der Waals surface area contributed by atoms with Gasteiger partial charge in [0.15, 0.2) is 11.3 Å². The van der Waals surface area contributed by atoms with Crippen molar-refractivity contribution in [3.05, 3.63) is 22.5 Å². The van der Waals surface area contributed by atoms with Gasteiger partial charge < -0.3 is 5.73 Å². The number of hydrogen-bond acceptors (Lipinski definition) is 8. The maximum atomic E-state index is 12.2. The van der Waals surface area contributed by atoms with E-state index in [0.717, 1.165) is 15.4 Å². The van der Waals surface area contributed by atoms with Gasteiger partial charge in [0.05, 0.1) is 0 Å². The molecule has 2 atom stereocenters. The zero-order valence-corrected chi connectivity index (χ0v) is 13.3. The summed E-state index contributed by atoms with van der Waals surface area (Å²) in [7, 11) is 4.55. The molecular formula is C6H9N7O2P2S2. The lowest BCUT2D eigenvalue weighted by molar-refractivity contribution is 0.0997. The Morgan fingerprint density at radius 1 is 1.47 bits per heavy atom. The first-order chi connectivity index (χ1) is 8.76. The van der Waals surface area contributed by atoms with Crippen LogP contribution in [0, 0.1) is 0 Å². The fraction of sp³-hybridized carbons (Fsp3) is 0.167. The minimum atomic E-state index is -1.36. The van der Waals surface area contributed by atoms with Crippen LogP contribution in [0.5, 0.6) is 0 Å². The highest BCUT2D eigenvalue weighted by Gasteiger charge is 2.30. The Balaban J connectivity index is 2.73. The van der Waals surface area contributed by atoms with Crippen LogP contribution >= 0.6 is 44.0 Å². The van der Waals surface area contributed by atoms with E-state index in [0.29, 0.717) is 0 Å². The molecular weight excluding hydrogens is 328 g/mol. The van der Waals surface area contributed by atoms with Gasteiger partial charge in [-0.25, -0.2) is 18.6 Å². The maximum Gasteiger partial charge on any atom is 0.356 e. The van der Waals surface area contributed by atoms with Gasteiger partial charge in [0.2, 0.25) is 4.33 Å². The number of thiol groups is 2. The second-order valence-corrected chi connectivity index (χ2v) is 6.75. The molecule has 0 saturated carbocycles. The molecule has 2 N–H and O–H groups in total. The monoisotopic (exact) mass is 337 g/mol. The van der Waals surface area contributed by atoms with Gasteiger partial charge in [0.1, 0.15) is 6.33 Å². The lowest BCUT2D eigenvalue weighted by Crippen LogP contribution is -2.43. The number of primary amides is 1. The van der Waals surface area contributed by atoms with Crippen LogP contribution in [-0.4, -0.2) is 34.7 Å². The van der Waals surface area contributed by atoms with Crippen molar-refractivity contribution >= 4 is 55.6 Å². The van der Waals surface area contributed by atoms with E-state index in [2.05, 4.69) is 59.3 Å². The van der Waals surface area contributed by atoms with Gasteiger partial charge in [-0.15, -0.1) is 30.4 Å². The van der Waals surface area contributed by atoms with Crippen molar-refractivity contribution in [2.45, 2.75) is 4.33 Å². The molecule has 0 bridgehead atoms. The molecule has 19 heavy (non-hydrogen) atoms. The molecule has 2 heterocycles. The molecule has 0 fully saturated rings. The van der Waals surface area contributed by atoms with Gasteiger partial charge in [0, 0.05) is 0 Å². The summed E-state index contributed by atoms with van der Waals surface area (Å²) in [5.41, 5.74) is 4.34. The first-order valence-electron chi connectivity index (χ1n) is 4.64. The van der Waals surface area contributed by atoms with Crippen molar-refractivity contribution < 1.29 is 4.79 Å². The highest BCUT2D eigenvalue weighted by molar-refractivity contribution is 7.99. The van der Waals surface area contributed by atoms with Crippen LogP contribution in [0.1, 0.15) is 10.5 Å². The molecule has 1 amide bonds. The fourth-order valence-electron chi connectivity index (χ4n) is 1.28. The molecule has 13 heteroatoms. The van der Waals surface area contributed by atoms with E-state index >= 15 is 0 Å². The molecule has 0 radical (unpaired) electrons. The summed E-state index contributed by atoms with van der Waals surface area (Å²) in [6, 6.07) is 0. The van der Waals surface area contributed by atoms with Crippen LogP contribution in [0.15, 0.2) is 11.1 Å². The van der Waals surface area contributed by atoms with Gasteiger partial charge in [-0.1, -0.05) is 24.0 Å². The van der Waals surface area contributed by atoms with Crippen molar-refractivity contribution in [2.24, 2.45) is 5.73 Å². The molecule has 0 aliphatic rings. The molecule has 0 aromatic carbocycles. The van der Waals surface area contributed by atoms with Crippen molar-refractivity contribution in [3.8, 4) is 0 Å². The number of aromatic nitrogens is 5. The van der Waals surface area contributed by atoms with Crippen LogP contribution in [0.3, 0.4) is 0 Å². The van der Waals surface area contributed by atoms with Gasteiger partial charge in [-0.2, -0.15) is 4.68 Å². The molecule has 0 aliphatic carbocycles. The van der Waals surface area contributed by atoms with E-state index in [-0.39, 0.29) is 11.3 Å². The fourth-order valence-corrected chi connectivity index (χ4v) is 1.75. The number of nitrogens with zero attached hydrogens (tertiary/aromatic N) is 6. The Labute approximate surface area is 122 Å². The number of carbonyl (C=O) groups is 1. The minimum Gasteiger partial charge on any atom is -0.364 e. The molecule has 0 aliphatic heterocycles. The largest absolute Gasteiger partial charge is 0.364 e. The third-order valence-corrected chi connectivity index (χ3v) is 4.68. The SMILES string of the molecule is NC(=O)c1ncn2c(=O)n(C(S)(S)N(P)P)nnc12. The molecule has 2 rings (SSSR count). The number of amides is 1. The topological polar surface area (TPSA) is 111 Å². The zero-order valence-electron chi connectivity index (χ0n) is 9.20. The molecule has 0 spiro atoms. The van der Waals surface area contributed by atoms with Crippen molar-refractivity contribution in [1.82, 2.24) is 28.8 Å². The summed E-state index contributed by atoms with van der Waals surface area (Å²) in [6.07, 6.45) is 1.14. The zero-order chi connectivity index (χ0) is 14.4. The van der Waals surface area contributed by atoms with Crippen LogP contribution in [-0.2, 0) is 4.33 Å². The molecule has 2 aromatic heterocycles. The Kier molecular flexibility index (Phi) is 3.85. The molecule has 2 aromatic rings. The van der Waals surface area contributed by atoms with E-state index in [1.165, 1.54) is 4.44 Å². The van der Waals surface area contributed by atoms with Crippen LogP contribution < -0.4 is 11.4 Å². The number of imidazole rings is 1. The standard InChI is InChI=1S/C6H9N7O2P2S2/c7-3(14)2-4-9-10-12(6(18,19)13(16)17)5(15)11(4)1-8-2/h1,18-19H,16-17H2,(H2,7,14). The lowest BCUT2D eigenvalue weighted by Gasteiger charge is -2.28. The van der Waals surface area contributed by atoms with Crippen molar-refractivity contribution in [1.29, 1.82) is 0 Å². The lowest BCUT2D eigenvalue weighted by atomic mass is 10.4. The number of nitrogens with two attached hydrogens (primary N) is 1. The highest BCUT2D eigenvalue weighted by Crippen LogP contribution is 2.34. The molecule has 2 unspecified atom stereocenters. The van der Waals surface area contributed by atoms with E-state index in [9.17, 15) is 9.59 Å². The molecule has 9 nitrogen and oxygen atoms in total. The van der Waals surface area contributed by atoms with Gasteiger partial charge in [-0.05, 0) is 0 Å². The van der Waals surface area contributed by atoms with E-state index in [1.54, 1.807) is 0 Å². The summed E-state index contributed by atoms with van der Waals surface area (Å²) < 4.78 is 1.96. The second kappa shape index (κ2) is 4.99. The van der Waals surface area contributed by atoms with Crippen LogP contribution in [0.2, 0.25) is 0 Å². The Morgan fingerprint density at radius 2 is 2.11 bits per heavy atom. The van der Waals surface area contributed by atoms with Crippen LogP contribution in [0.4, 0.5) is 0 Å². The highest BCUT2D eigenvalue weighted by atomic mass is 32.2. The first-order valence-corrected chi connectivity index (χ1v) is 6.57. The smallest absolute Gasteiger partial charge is 0.356 e. The first kappa shape index (κ1) is 14.7. The van der Waals surface area contributed by atoms with E-state index in [1.807, 2.05) is 0 Å². The van der Waals surface area contributed by atoms with Crippen LogP contribution in [0.25, 0.3) is 5.65 Å². The second-order valence-electron chi connectivity index (χ2n) is 3.44. The number of carbonyl (C=O) groups excluding carboxylic acids is 1. The normalized spacial score (nSPS) is 12.3. The van der Waals surface area contributed by atoms with Crippen molar-refractivity contribution in [3.63, 3.8) is 0 Å². The summed E-state index contributed by atoms with van der Waals surface area (Å²) in [6.45, 7) is 0. The summed E-state index contributed by atoms with van der Waals surface area (Å²) in [5.74, 6) is -0.796. The minimum absolute atomic E-state index is 0.0229. The average Bonchev–Trinajstić information content (AvgIpc) is 2.73. The number of fused-ring (bicyclic) bond motifs is 1. The summed E-state index contributed by atoms with van der Waals surface area (Å²) in [4.78, 5) is 27.0. The third-order valence-electron chi connectivity index (χ3n) is 2.22. The van der Waals surface area contributed by atoms with E-state index in [4.69, 9.17) is 5.73 Å². The van der Waals surface area contributed by atoms with Gasteiger partial charge in [-0.3, -0.25) is 4.79 Å². The Morgan fingerprint density at radius 3 is 2.63 bits per heavy atom. The number of hydrogen-bond donors (Lipinski definition) is 3. The quantitative estimate of drug-likeness (QED) is 0.364. The van der Waals surface area contributed by atoms with Gasteiger partial charge in [0.25, 0.3) is 5.91 Å². The summed E-state index contributed by atoms with van der Waals surface area (Å²) >= 11 is 8.39. The maximum absolute atomic E-state index is 12.2. The average molecular weight is 337 g/mol. The Bertz CT molecular complexity index is 711. The van der Waals surface area contributed by atoms with Gasteiger partial charge >= 0.3 is 5.69 Å². The third kappa shape index (κ3) is 2.36. The molecule has 102 valence electrons. The van der Waals surface area contributed by atoms with Crippen molar-refractivity contribution in [2.75, 3.05) is 0 Å². The predicted octanol–water partition coefficient (Wildman–Crippen LogP) is -1.31. The molecule has 0 saturated heterocycles. The Hall–Kier alpha value is -0.730. The van der Waals surface area contributed by atoms with E-state index < -0.39 is 15.9 Å².